The molecule has 3 unspecified atom stereocenters. The van der Waals surface area contributed by atoms with Gasteiger partial charge in [-0.1, -0.05) is 27.7 Å². The van der Waals surface area contributed by atoms with Crippen LogP contribution in [0.1, 0.15) is 47.0 Å². The Hall–Kier alpha value is -0.0900. The van der Waals surface area contributed by atoms with Crippen molar-refractivity contribution >= 4 is 9.84 Å². The fraction of sp³-hybridized carbons (Fsp3) is 1.00. The van der Waals surface area contributed by atoms with Gasteiger partial charge in [-0.15, -0.1) is 0 Å². The number of sulfone groups is 1. The lowest BCUT2D eigenvalue weighted by Crippen LogP contribution is -2.43. The molecule has 0 bridgehead atoms. The smallest absolute Gasteiger partial charge is 0.153 e. The van der Waals surface area contributed by atoms with Crippen LogP contribution in [0.5, 0.6) is 0 Å². The van der Waals surface area contributed by atoms with Crippen LogP contribution in [0, 0.1) is 17.3 Å². The van der Waals surface area contributed by atoms with E-state index in [9.17, 15) is 8.42 Å². The Labute approximate surface area is 106 Å². The molecular formula is C13H27NO2S. The van der Waals surface area contributed by atoms with Gasteiger partial charge in [-0.2, -0.15) is 0 Å². The molecule has 0 amide bonds. The van der Waals surface area contributed by atoms with Gasteiger partial charge in [-0.3, -0.25) is 0 Å². The molecule has 1 rings (SSSR count). The molecular weight excluding hydrogens is 234 g/mol. The summed E-state index contributed by atoms with van der Waals surface area (Å²) in [7, 11) is -2.96. The molecule has 0 saturated heterocycles. The van der Waals surface area contributed by atoms with Crippen LogP contribution in [0.25, 0.3) is 0 Å². The molecule has 0 aromatic heterocycles. The third kappa shape index (κ3) is 3.44. The minimum Gasteiger partial charge on any atom is -0.330 e. The van der Waals surface area contributed by atoms with E-state index in [2.05, 4.69) is 20.8 Å². The van der Waals surface area contributed by atoms with Gasteiger partial charge < -0.3 is 5.73 Å². The van der Waals surface area contributed by atoms with E-state index in [4.69, 9.17) is 5.73 Å². The molecule has 102 valence electrons. The molecule has 1 saturated carbocycles. The van der Waals surface area contributed by atoms with E-state index in [0.717, 1.165) is 19.3 Å². The van der Waals surface area contributed by atoms with Crippen LogP contribution in [-0.4, -0.2) is 26.0 Å². The molecule has 2 N–H and O–H groups in total. The van der Waals surface area contributed by atoms with Crippen molar-refractivity contribution in [3.63, 3.8) is 0 Å². The van der Waals surface area contributed by atoms with Gasteiger partial charge in [-0.25, -0.2) is 8.42 Å². The predicted octanol–water partition coefficient (Wildman–Crippen LogP) is 2.21. The highest BCUT2D eigenvalue weighted by molar-refractivity contribution is 7.92. The lowest BCUT2D eigenvalue weighted by Gasteiger charge is -2.41. The van der Waals surface area contributed by atoms with Crippen molar-refractivity contribution in [1.29, 1.82) is 0 Å². The summed E-state index contributed by atoms with van der Waals surface area (Å²) in [5.41, 5.74) is 5.93. The first-order chi connectivity index (χ1) is 7.72. The Bertz CT molecular complexity index is 343. The van der Waals surface area contributed by atoms with Crippen molar-refractivity contribution in [1.82, 2.24) is 0 Å². The summed E-state index contributed by atoms with van der Waals surface area (Å²) in [5.74, 6) is 0.903. The van der Waals surface area contributed by atoms with E-state index < -0.39 is 9.84 Å². The van der Waals surface area contributed by atoms with Crippen molar-refractivity contribution < 1.29 is 8.42 Å². The van der Waals surface area contributed by atoms with E-state index in [1.54, 1.807) is 6.92 Å². The fourth-order valence-electron chi connectivity index (χ4n) is 2.90. The normalized spacial score (nSPS) is 31.5. The molecule has 0 aliphatic heterocycles. The van der Waals surface area contributed by atoms with Crippen LogP contribution in [0.15, 0.2) is 0 Å². The van der Waals surface area contributed by atoms with Gasteiger partial charge in [-0.05, 0) is 43.1 Å². The van der Waals surface area contributed by atoms with Crippen LogP contribution < -0.4 is 5.73 Å². The summed E-state index contributed by atoms with van der Waals surface area (Å²) < 4.78 is 24.3. The molecule has 1 fully saturated rings. The first kappa shape index (κ1) is 15.0. The molecule has 0 aromatic carbocycles. The fourth-order valence-corrected chi connectivity index (χ4v) is 4.69. The van der Waals surface area contributed by atoms with Gasteiger partial charge in [0.1, 0.15) is 0 Å². The number of rotatable bonds is 3. The van der Waals surface area contributed by atoms with Crippen LogP contribution in [0.3, 0.4) is 0 Å². The minimum atomic E-state index is -2.96. The average Bonchev–Trinajstić information content (AvgIpc) is 2.27. The van der Waals surface area contributed by atoms with Crippen molar-refractivity contribution in [3.05, 3.63) is 0 Å². The molecule has 4 heteroatoms. The number of hydrogen-bond acceptors (Lipinski definition) is 3. The van der Waals surface area contributed by atoms with Crippen molar-refractivity contribution in [3.8, 4) is 0 Å². The van der Waals surface area contributed by atoms with Gasteiger partial charge >= 0.3 is 0 Å². The van der Waals surface area contributed by atoms with Crippen molar-refractivity contribution in [2.24, 2.45) is 23.0 Å². The summed E-state index contributed by atoms with van der Waals surface area (Å²) in [5, 5.41) is -0.213. The topological polar surface area (TPSA) is 60.2 Å². The monoisotopic (exact) mass is 261 g/mol. The Morgan fingerprint density at radius 2 is 1.82 bits per heavy atom. The summed E-state index contributed by atoms with van der Waals surface area (Å²) in [6.07, 6.45) is 2.87. The Morgan fingerprint density at radius 1 is 1.24 bits per heavy atom. The van der Waals surface area contributed by atoms with Gasteiger partial charge in [0.05, 0.1) is 5.25 Å². The van der Waals surface area contributed by atoms with Crippen LogP contribution in [0.4, 0.5) is 0 Å². The van der Waals surface area contributed by atoms with Crippen LogP contribution in [0.2, 0.25) is 0 Å². The van der Waals surface area contributed by atoms with Gasteiger partial charge in [0, 0.05) is 5.75 Å². The van der Waals surface area contributed by atoms with E-state index >= 15 is 0 Å². The van der Waals surface area contributed by atoms with Gasteiger partial charge in [0.15, 0.2) is 9.84 Å². The van der Waals surface area contributed by atoms with Crippen molar-refractivity contribution in [2.45, 2.75) is 52.2 Å². The Balaban J connectivity index is 2.91. The minimum absolute atomic E-state index is 0.165. The van der Waals surface area contributed by atoms with E-state index in [-0.39, 0.29) is 22.3 Å². The third-order valence-corrected chi connectivity index (χ3v) is 6.62. The summed E-state index contributed by atoms with van der Waals surface area (Å²) in [6.45, 7) is 8.85. The second-order valence-corrected chi connectivity index (χ2v) is 8.87. The van der Waals surface area contributed by atoms with E-state index in [0.29, 0.717) is 12.5 Å². The lowest BCUT2D eigenvalue weighted by molar-refractivity contribution is 0.154. The second kappa shape index (κ2) is 5.27. The first-order valence-corrected chi connectivity index (χ1v) is 8.35. The average molecular weight is 261 g/mol. The summed E-state index contributed by atoms with van der Waals surface area (Å²) in [4.78, 5) is 0. The number of hydrogen-bond donors (Lipinski definition) is 1. The van der Waals surface area contributed by atoms with Gasteiger partial charge in [0.25, 0.3) is 0 Å². The van der Waals surface area contributed by atoms with Crippen molar-refractivity contribution in [2.75, 3.05) is 12.3 Å². The molecule has 1 aliphatic rings. The highest BCUT2D eigenvalue weighted by Crippen LogP contribution is 2.42. The van der Waals surface area contributed by atoms with E-state index in [1.165, 1.54) is 0 Å². The summed E-state index contributed by atoms with van der Waals surface area (Å²) in [6, 6.07) is 0. The Morgan fingerprint density at radius 3 is 2.24 bits per heavy atom. The van der Waals surface area contributed by atoms with Gasteiger partial charge in [0.2, 0.25) is 0 Å². The molecule has 0 spiro atoms. The zero-order valence-electron chi connectivity index (χ0n) is 11.6. The summed E-state index contributed by atoms with van der Waals surface area (Å²) >= 11 is 0. The maximum Gasteiger partial charge on any atom is 0.153 e. The largest absolute Gasteiger partial charge is 0.330 e. The molecule has 0 radical (unpaired) electrons. The standard InChI is InChI=1S/C13H27NO2S/c1-5-17(15,16)12-8-11(13(2,3)4)7-6-10(12)9-14/h10-12H,5-9,14H2,1-4H3. The zero-order valence-corrected chi connectivity index (χ0v) is 12.4. The zero-order chi connectivity index (χ0) is 13.3. The molecule has 0 aromatic rings. The molecule has 3 nitrogen and oxygen atoms in total. The maximum absolute atomic E-state index is 12.1. The number of nitrogens with two attached hydrogens (primary N) is 1. The van der Waals surface area contributed by atoms with Crippen LogP contribution in [-0.2, 0) is 9.84 Å². The Kier molecular flexibility index (Phi) is 4.64. The molecule has 0 heterocycles. The predicted molar refractivity (Wildman–Crippen MR) is 72.6 cm³/mol. The highest BCUT2D eigenvalue weighted by atomic mass is 32.2. The first-order valence-electron chi connectivity index (χ1n) is 6.64. The molecule has 1 aliphatic carbocycles. The SMILES string of the molecule is CCS(=O)(=O)C1CC(C(C)(C)C)CCC1CN. The second-order valence-electron chi connectivity index (χ2n) is 6.36. The third-order valence-electron chi connectivity index (χ3n) is 4.32. The maximum atomic E-state index is 12.1. The molecule has 17 heavy (non-hydrogen) atoms. The lowest BCUT2D eigenvalue weighted by atomic mass is 9.69. The highest BCUT2D eigenvalue weighted by Gasteiger charge is 2.40. The quantitative estimate of drug-likeness (QED) is 0.847. The molecule has 3 atom stereocenters. The van der Waals surface area contributed by atoms with E-state index in [1.807, 2.05) is 0 Å². The van der Waals surface area contributed by atoms with Crippen LogP contribution >= 0.6 is 0 Å².